The Bertz CT molecular complexity index is 856. The van der Waals surface area contributed by atoms with Crippen molar-refractivity contribution in [1.82, 2.24) is 4.98 Å². The molecule has 23 heavy (non-hydrogen) atoms. The van der Waals surface area contributed by atoms with E-state index in [1.807, 2.05) is 18.2 Å². The van der Waals surface area contributed by atoms with Gasteiger partial charge in [-0.3, -0.25) is 4.98 Å². The third-order valence-corrected chi connectivity index (χ3v) is 5.19. The lowest BCUT2D eigenvalue weighted by Gasteiger charge is -2.13. The molecule has 1 atom stereocenters. The number of hydrogen-bond acceptors (Lipinski definition) is 5. The molecule has 0 N–H and O–H groups in total. The number of rotatable bonds is 4. The molecule has 2 heterocycles. The van der Waals surface area contributed by atoms with Gasteiger partial charge in [-0.15, -0.1) is 11.3 Å². The predicted octanol–water partition coefficient (Wildman–Crippen LogP) is 4.24. The minimum absolute atomic E-state index is 0.0792. The van der Waals surface area contributed by atoms with E-state index >= 15 is 0 Å². The summed E-state index contributed by atoms with van der Waals surface area (Å²) >= 11 is 1.72. The SMILES string of the molecule is COC(=O)c1cnccc1C(C)c1cc2cc(OC)ccc2s1. The van der Waals surface area contributed by atoms with Gasteiger partial charge in [0.05, 0.1) is 19.8 Å². The number of hydrogen-bond donors (Lipinski definition) is 0. The van der Waals surface area contributed by atoms with Gasteiger partial charge in [-0.05, 0) is 41.3 Å². The van der Waals surface area contributed by atoms with Crippen molar-refractivity contribution in [2.24, 2.45) is 0 Å². The first kappa shape index (κ1) is 15.5. The number of carbonyl (C=O) groups excluding carboxylic acids is 1. The molecule has 0 aliphatic carbocycles. The quantitative estimate of drug-likeness (QED) is 0.672. The molecular weight excluding hydrogens is 310 g/mol. The van der Waals surface area contributed by atoms with Gasteiger partial charge in [0.2, 0.25) is 0 Å². The molecule has 3 aromatic rings. The third-order valence-electron chi connectivity index (χ3n) is 3.90. The summed E-state index contributed by atoms with van der Waals surface area (Å²) in [5, 5.41) is 1.14. The minimum atomic E-state index is -0.359. The number of nitrogens with zero attached hydrogens (tertiary/aromatic N) is 1. The van der Waals surface area contributed by atoms with Crippen LogP contribution in [0.3, 0.4) is 0 Å². The van der Waals surface area contributed by atoms with Crippen molar-refractivity contribution >= 4 is 27.4 Å². The van der Waals surface area contributed by atoms with Crippen LogP contribution in [0.5, 0.6) is 5.75 Å². The van der Waals surface area contributed by atoms with Gasteiger partial charge in [0.1, 0.15) is 5.75 Å². The molecule has 0 aliphatic heterocycles. The Morgan fingerprint density at radius 1 is 1.22 bits per heavy atom. The molecule has 0 spiro atoms. The van der Waals surface area contributed by atoms with Crippen LogP contribution in [0.1, 0.15) is 33.6 Å². The lowest BCUT2D eigenvalue weighted by atomic mass is 9.96. The summed E-state index contributed by atoms with van der Waals surface area (Å²) in [7, 11) is 3.05. The van der Waals surface area contributed by atoms with Crippen LogP contribution in [0.4, 0.5) is 0 Å². The number of fused-ring (bicyclic) bond motifs is 1. The molecule has 0 saturated carbocycles. The lowest BCUT2D eigenvalue weighted by molar-refractivity contribution is 0.0598. The van der Waals surface area contributed by atoms with E-state index in [1.165, 1.54) is 16.7 Å². The van der Waals surface area contributed by atoms with Gasteiger partial charge in [0.25, 0.3) is 0 Å². The van der Waals surface area contributed by atoms with E-state index in [0.29, 0.717) is 5.56 Å². The lowest BCUT2D eigenvalue weighted by Crippen LogP contribution is -2.08. The zero-order valence-electron chi connectivity index (χ0n) is 13.2. The van der Waals surface area contributed by atoms with Gasteiger partial charge < -0.3 is 9.47 Å². The van der Waals surface area contributed by atoms with Crippen molar-refractivity contribution in [3.8, 4) is 5.75 Å². The number of esters is 1. The normalized spacial score (nSPS) is 12.1. The fourth-order valence-corrected chi connectivity index (χ4v) is 3.71. The predicted molar refractivity (Wildman–Crippen MR) is 91.5 cm³/mol. The molecule has 0 saturated heterocycles. The highest BCUT2D eigenvalue weighted by Gasteiger charge is 2.19. The van der Waals surface area contributed by atoms with Crippen LogP contribution in [0.25, 0.3) is 10.1 Å². The van der Waals surface area contributed by atoms with Crippen molar-refractivity contribution < 1.29 is 14.3 Å². The number of pyridine rings is 1. The molecule has 4 nitrogen and oxygen atoms in total. The second kappa shape index (κ2) is 6.38. The van der Waals surface area contributed by atoms with E-state index in [9.17, 15) is 4.79 Å². The first-order valence-corrected chi connectivity index (χ1v) is 8.05. The molecule has 0 bridgehead atoms. The molecule has 0 radical (unpaired) electrons. The zero-order chi connectivity index (χ0) is 16.4. The van der Waals surface area contributed by atoms with E-state index in [2.05, 4.69) is 24.0 Å². The number of benzene rings is 1. The van der Waals surface area contributed by atoms with Crippen LogP contribution >= 0.6 is 11.3 Å². The number of carbonyl (C=O) groups is 1. The van der Waals surface area contributed by atoms with Gasteiger partial charge in [0.15, 0.2) is 0 Å². The van der Waals surface area contributed by atoms with Crippen LogP contribution in [-0.2, 0) is 4.74 Å². The number of methoxy groups -OCH3 is 2. The van der Waals surface area contributed by atoms with E-state index in [4.69, 9.17) is 9.47 Å². The summed E-state index contributed by atoms with van der Waals surface area (Å²) in [5.41, 5.74) is 1.43. The number of aromatic nitrogens is 1. The Hall–Kier alpha value is -2.40. The Morgan fingerprint density at radius 3 is 2.78 bits per heavy atom. The topological polar surface area (TPSA) is 48.4 Å². The Kier molecular flexibility index (Phi) is 4.30. The molecular formula is C18H17NO3S. The monoisotopic (exact) mass is 327 g/mol. The summed E-state index contributed by atoms with van der Waals surface area (Å²) in [4.78, 5) is 17.2. The molecule has 118 valence electrons. The highest BCUT2D eigenvalue weighted by Crippen LogP contribution is 2.36. The van der Waals surface area contributed by atoms with Gasteiger partial charge in [-0.1, -0.05) is 6.92 Å². The second-order valence-corrected chi connectivity index (χ2v) is 6.34. The largest absolute Gasteiger partial charge is 0.497 e. The van der Waals surface area contributed by atoms with Crippen LogP contribution < -0.4 is 4.74 Å². The van der Waals surface area contributed by atoms with Crippen molar-refractivity contribution in [3.05, 3.63) is 58.7 Å². The van der Waals surface area contributed by atoms with Crippen molar-refractivity contribution in [3.63, 3.8) is 0 Å². The molecule has 1 aromatic carbocycles. The Balaban J connectivity index is 2.03. The molecule has 5 heteroatoms. The van der Waals surface area contributed by atoms with E-state index < -0.39 is 0 Å². The third kappa shape index (κ3) is 2.92. The summed E-state index contributed by atoms with van der Waals surface area (Å²) in [6, 6.07) is 10.1. The summed E-state index contributed by atoms with van der Waals surface area (Å²) in [6.45, 7) is 2.09. The van der Waals surface area contributed by atoms with Crippen molar-refractivity contribution in [1.29, 1.82) is 0 Å². The highest BCUT2D eigenvalue weighted by atomic mass is 32.1. The first-order valence-electron chi connectivity index (χ1n) is 7.23. The fourth-order valence-electron chi connectivity index (χ4n) is 2.60. The van der Waals surface area contributed by atoms with E-state index in [1.54, 1.807) is 30.8 Å². The molecule has 0 fully saturated rings. The summed E-state index contributed by atoms with van der Waals surface area (Å²) in [6.07, 6.45) is 3.27. The average molecular weight is 327 g/mol. The van der Waals surface area contributed by atoms with E-state index in [0.717, 1.165) is 16.7 Å². The van der Waals surface area contributed by atoms with Gasteiger partial charge >= 0.3 is 5.97 Å². The van der Waals surface area contributed by atoms with Crippen LogP contribution in [0.15, 0.2) is 42.7 Å². The molecule has 0 aliphatic rings. The number of ether oxygens (including phenoxy) is 2. The van der Waals surface area contributed by atoms with Crippen LogP contribution in [0, 0.1) is 0 Å². The maximum atomic E-state index is 12.0. The molecule has 2 aromatic heterocycles. The maximum Gasteiger partial charge on any atom is 0.339 e. The average Bonchev–Trinajstić information content (AvgIpc) is 3.03. The maximum absolute atomic E-state index is 12.0. The summed E-state index contributed by atoms with van der Waals surface area (Å²) < 4.78 is 11.3. The highest BCUT2D eigenvalue weighted by molar-refractivity contribution is 7.19. The summed E-state index contributed by atoms with van der Waals surface area (Å²) in [5.74, 6) is 0.562. The van der Waals surface area contributed by atoms with Crippen molar-refractivity contribution in [2.45, 2.75) is 12.8 Å². The molecule has 1 unspecified atom stereocenters. The molecule has 3 rings (SSSR count). The van der Waals surface area contributed by atoms with Gasteiger partial charge in [0, 0.05) is 27.9 Å². The van der Waals surface area contributed by atoms with Crippen LogP contribution in [-0.4, -0.2) is 25.2 Å². The first-order chi connectivity index (χ1) is 11.1. The minimum Gasteiger partial charge on any atom is -0.497 e. The second-order valence-electron chi connectivity index (χ2n) is 5.23. The molecule has 0 amide bonds. The standard InChI is InChI=1S/C18H17NO3S/c1-11(14-6-7-19-10-15(14)18(20)22-3)17-9-12-8-13(21-2)4-5-16(12)23-17/h4-11H,1-3H3. The fraction of sp³-hybridized carbons (Fsp3) is 0.222. The Morgan fingerprint density at radius 2 is 2.04 bits per heavy atom. The number of thiophene rings is 1. The van der Waals surface area contributed by atoms with Crippen LogP contribution in [0.2, 0.25) is 0 Å². The van der Waals surface area contributed by atoms with Gasteiger partial charge in [-0.25, -0.2) is 4.79 Å². The van der Waals surface area contributed by atoms with E-state index in [-0.39, 0.29) is 11.9 Å². The smallest absolute Gasteiger partial charge is 0.339 e. The van der Waals surface area contributed by atoms with Crippen molar-refractivity contribution in [2.75, 3.05) is 14.2 Å². The zero-order valence-corrected chi connectivity index (χ0v) is 14.0. The van der Waals surface area contributed by atoms with Gasteiger partial charge in [-0.2, -0.15) is 0 Å². The Labute approximate surface area is 138 Å².